The van der Waals surface area contributed by atoms with Crippen LogP contribution in [0.5, 0.6) is 0 Å². The molecule has 3 nitrogen and oxygen atoms in total. The van der Waals surface area contributed by atoms with E-state index in [4.69, 9.17) is 10.1 Å². The van der Waals surface area contributed by atoms with Crippen LogP contribution in [0.1, 0.15) is 22.3 Å². The molecule has 0 aliphatic heterocycles. The first-order valence-corrected chi connectivity index (χ1v) is 6.24. The summed E-state index contributed by atoms with van der Waals surface area (Å²) in [5.74, 6) is 0. The van der Waals surface area contributed by atoms with Crippen LogP contribution in [0.2, 0.25) is 0 Å². The third kappa shape index (κ3) is 4.09. The fraction of sp³-hybridized carbons (Fsp3) is 0.125. The zero-order chi connectivity index (χ0) is 16.0. The maximum atomic E-state index is 12.5. The SMILES string of the molecule is N#Cc1ccccc1CO/N=[C]\c1cccc(C(F)(F)F)c1. The van der Waals surface area contributed by atoms with E-state index < -0.39 is 11.7 Å². The van der Waals surface area contributed by atoms with Crippen LogP contribution in [0.3, 0.4) is 0 Å². The topological polar surface area (TPSA) is 45.4 Å². The van der Waals surface area contributed by atoms with E-state index in [-0.39, 0.29) is 12.2 Å². The van der Waals surface area contributed by atoms with Crippen molar-refractivity contribution in [3.8, 4) is 6.07 Å². The third-order valence-electron chi connectivity index (χ3n) is 2.79. The quantitative estimate of drug-likeness (QED) is 0.633. The lowest BCUT2D eigenvalue weighted by atomic mass is 10.1. The van der Waals surface area contributed by atoms with Crippen LogP contribution in [0.4, 0.5) is 13.2 Å². The highest BCUT2D eigenvalue weighted by Gasteiger charge is 2.30. The van der Waals surface area contributed by atoms with E-state index in [1.54, 1.807) is 24.3 Å². The number of rotatable bonds is 4. The van der Waals surface area contributed by atoms with Gasteiger partial charge in [0.25, 0.3) is 0 Å². The summed E-state index contributed by atoms with van der Waals surface area (Å²) in [7, 11) is 0. The molecular weight excluding hydrogens is 293 g/mol. The summed E-state index contributed by atoms with van der Waals surface area (Å²) in [5.41, 5.74) is 0.474. The van der Waals surface area contributed by atoms with Gasteiger partial charge in [0.1, 0.15) is 12.8 Å². The molecule has 111 valence electrons. The predicted octanol–water partition coefficient (Wildman–Crippen LogP) is 4.00. The Kier molecular flexibility index (Phi) is 4.79. The van der Waals surface area contributed by atoms with Crippen LogP contribution in [0, 0.1) is 11.3 Å². The summed E-state index contributed by atoms with van der Waals surface area (Å²) < 4.78 is 37.6. The van der Waals surface area contributed by atoms with E-state index >= 15 is 0 Å². The van der Waals surface area contributed by atoms with Crippen LogP contribution in [-0.4, -0.2) is 6.21 Å². The van der Waals surface area contributed by atoms with Crippen LogP contribution in [-0.2, 0) is 17.6 Å². The first kappa shape index (κ1) is 15.6. The Hall–Kier alpha value is -2.81. The average Bonchev–Trinajstić information content (AvgIpc) is 2.51. The van der Waals surface area contributed by atoms with Crippen molar-refractivity contribution in [2.45, 2.75) is 12.8 Å². The molecule has 6 heteroatoms. The minimum Gasteiger partial charge on any atom is -0.390 e. The van der Waals surface area contributed by atoms with Gasteiger partial charge >= 0.3 is 6.18 Å². The van der Waals surface area contributed by atoms with Gasteiger partial charge in [-0.3, -0.25) is 0 Å². The molecule has 2 aromatic rings. The second kappa shape index (κ2) is 6.76. The van der Waals surface area contributed by atoms with E-state index in [2.05, 4.69) is 11.4 Å². The Balaban J connectivity index is 2.00. The molecule has 1 radical (unpaired) electrons. The summed E-state index contributed by atoms with van der Waals surface area (Å²) in [5, 5.41) is 12.4. The van der Waals surface area contributed by atoms with Crippen molar-refractivity contribution in [2.24, 2.45) is 5.16 Å². The van der Waals surface area contributed by atoms with Gasteiger partial charge in [-0.2, -0.15) is 18.4 Å². The molecule has 0 spiro atoms. The van der Waals surface area contributed by atoms with Crippen molar-refractivity contribution in [3.63, 3.8) is 0 Å². The standard InChI is InChI=1S/C16H10F3N2O/c17-16(18,19)15-7-3-4-12(8-15)10-21-22-11-14-6-2-1-5-13(14)9-20/h1-8H,11H2. The third-order valence-corrected chi connectivity index (χ3v) is 2.79. The number of benzene rings is 2. The van der Waals surface area contributed by atoms with Crippen LogP contribution in [0.25, 0.3) is 0 Å². The van der Waals surface area contributed by atoms with Gasteiger partial charge in [-0.15, -0.1) is 0 Å². The minimum absolute atomic E-state index is 0.0374. The zero-order valence-corrected chi connectivity index (χ0v) is 11.3. The maximum absolute atomic E-state index is 12.5. The molecule has 0 aliphatic rings. The highest BCUT2D eigenvalue weighted by atomic mass is 19.4. The monoisotopic (exact) mass is 303 g/mol. The molecule has 0 atom stereocenters. The van der Waals surface area contributed by atoms with Gasteiger partial charge < -0.3 is 4.84 Å². The van der Waals surface area contributed by atoms with Crippen molar-refractivity contribution in [3.05, 3.63) is 70.8 Å². The molecule has 22 heavy (non-hydrogen) atoms. The summed E-state index contributed by atoms with van der Waals surface area (Å²) in [6, 6.07) is 13.4. The second-order valence-corrected chi connectivity index (χ2v) is 4.32. The van der Waals surface area contributed by atoms with Gasteiger partial charge in [-0.25, -0.2) is 0 Å². The molecule has 0 saturated heterocycles. The Morgan fingerprint density at radius 3 is 2.59 bits per heavy atom. The molecule has 0 N–H and O–H groups in total. The lowest BCUT2D eigenvalue weighted by molar-refractivity contribution is -0.137. The van der Waals surface area contributed by atoms with Crippen LogP contribution in [0.15, 0.2) is 53.7 Å². The number of nitrogens with zero attached hydrogens (tertiary/aromatic N) is 2. The zero-order valence-electron chi connectivity index (χ0n) is 11.3. The first-order chi connectivity index (χ1) is 10.5. The lowest BCUT2D eigenvalue weighted by Crippen LogP contribution is -2.05. The lowest BCUT2D eigenvalue weighted by Gasteiger charge is -2.06. The highest BCUT2D eigenvalue weighted by Crippen LogP contribution is 2.29. The predicted molar refractivity (Wildman–Crippen MR) is 73.9 cm³/mol. The average molecular weight is 303 g/mol. The molecular formula is C16H10F3N2O. The van der Waals surface area contributed by atoms with Crippen molar-refractivity contribution < 1.29 is 18.0 Å². The molecule has 0 aromatic heterocycles. The molecule has 0 unspecified atom stereocenters. The van der Waals surface area contributed by atoms with E-state index in [1.807, 2.05) is 6.07 Å². The van der Waals surface area contributed by atoms with Gasteiger partial charge in [0, 0.05) is 11.1 Å². The Morgan fingerprint density at radius 2 is 1.86 bits per heavy atom. The number of halogens is 3. The van der Waals surface area contributed by atoms with E-state index in [1.165, 1.54) is 12.1 Å². The van der Waals surface area contributed by atoms with Gasteiger partial charge in [0.15, 0.2) is 0 Å². The molecule has 0 amide bonds. The molecule has 0 aliphatic carbocycles. The van der Waals surface area contributed by atoms with E-state index in [0.717, 1.165) is 12.1 Å². The molecule has 0 saturated carbocycles. The van der Waals surface area contributed by atoms with E-state index in [9.17, 15) is 13.2 Å². The molecule has 0 fully saturated rings. The summed E-state index contributed by atoms with van der Waals surface area (Å²) in [4.78, 5) is 4.97. The van der Waals surface area contributed by atoms with Crippen molar-refractivity contribution in [2.75, 3.05) is 0 Å². The van der Waals surface area contributed by atoms with Crippen molar-refractivity contribution >= 4 is 6.21 Å². The molecule has 0 bridgehead atoms. The number of hydrogen-bond acceptors (Lipinski definition) is 3. The van der Waals surface area contributed by atoms with Crippen LogP contribution < -0.4 is 0 Å². The van der Waals surface area contributed by atoms with Crippen molar-refractivity contribution in [1.29, 1.82) is 5.26 Å². The van der Waals surface area contributed by atoms with Gasteiger partial charge in [-0.1, -0.05) is 35.5 Å². The summed E-state index contributed by atoms with van der Waals surface area (Å²) in [6.45, 7) is 0.0374. The van der Waals surface area contributed by atoms with Gasteiger partial charge in [-0.05, 0) is 18.2 Å². The van der Waals surface area contributed by atoms with Crippen LogP contribution >= 0.6 is 0 Å². The Labute approximate surface area is 125 Å². The molecule has 0 heterocycles. The number of alkyl halides is 3. The minimum atomic E-state index is -4.41. The Bertz CT molecular complexity index is 718. The number of hydrogen-bond donors (Lipinski definition) is 0. The molecule has 2 rings (SSSR count). The van der Waals surface area contributed by atoms with Gasteiger partial charge in [0.2, 0.25) is 0 Å². The fourth-order valence-electron chi connectivity index (χ4n) is 1.71. The summed E-state index contributed by atoms with van der Waals surface area (Å²) >= 11 is 0. The highest BCUT2D eigenvalue weighted by molar-refractivity contribution is 5.79. The molecule has 2 aromatic carbocycles. The maximum Gasteiger partial charge on any atom is 0.416 e. The Morgan fingerprint density at radius 1 is 1.09 bits per heavy atom. The normalized spacial score (nSPS) is 11.4. The first-order valence-electron chi connectivity index (χ1n) is 6.24. The number of nitriles is 1. The van der Waals surface area contributed by atoms with E-state index in [0.29, 0.717) is 11.1 Å². The smallest absolute Gasteiger partial charge is 0.390 e. The van der Waals surface area contributed by atoms with Crippen molar-refractivity contribution in [1.82, 2.24) is 0 Å². The summed E-state index contributed by atoms with van der Waals surface area (Å²) in [6.07, 6.45) is -2.03. The van der Waals surface area contributed by atoms with Gasteiger partial charge in [0.05, 0.1) is 17.2 Å². The fourth-order valence-corrected chi connectivity index (χ4v) is 1.71. The second-order valence-electron chi connectivity index (χ2n) is 4.32. The largest absolute Gasteiger partial charge is 0.416 e.